The van der Waals surface area contributed by atoms with Crippen LogP contribution in [0.2, 0.25) is 0 Å². The predicted octanol–water partition coefficient (Wildman–Crippen LogP) is 2.81. The third-order valence-corrected chi connectivity index (χ3v) is 5.83. The van der Waals surface area contributed by atoms with E-state index in [1.165, 1.54) is 10.4 Å². The number of likely N-dealkylation sites (tertiary alicyclic amines) is 1. The van der Waals surface area contributed by atoms with Crippen molar-refractivity contribution < 1.29 is 9.53 Å². The molecule has 0 radical (unpaired) electrons. The highest BCUT2D eigenvalue weighted by Crippen LogP contribution is 2.34. The van der Waals surface area contributed by atoms with E-state index in [9.17, 15) is 4.79 Å². The lowest BCUT2D eigenvalue weighted by Gasteiger charge is -2.34. The largest absolute Gasteiger partial charge is 0.373 e. The van der Waals surface area contributed by atoms with Crippen LogP contribution in [0.3, 0.4) is 0 Å². The topological polar surface area (TPSA) is 47.4 Å². The molecule has 5 nitrogen and oxygen atoms in total. The van der Waals surface area contributed by atoms with E-state index in [0.717, 1.165) is 39.0 Å². The van der Waals surface area contributed by atoms with Crippen molar-refractivity contribution in [2.24, 2.45) is 0 Å². The lowest BCUT2D eigenvalue weighted by molar-refractivity contribution is -0.136. The van der Waals surface area contributed by atoms with Crippen molar-refractivity contribution >= 4 is 17.2 Å². The second kappa shape index (κ2) is 6.45. The molecule has 1 fully saturated rings. The molecule has 6 heteroatoms. The molecular weight excluding hydrogens is 310 g/mol. The van der Waals surface area contributed by atoms with E-state index >= 15 is 0 Å². The third-order valence-electron chi connectivity index (χ3n) is 4.83. The van der Waals surface area contributed by atoms with E-state index in [1.807, 2.05) is 17.4 Å². The maximum atomic E-state index is 12.7. The number of hydrogen-bond donors (Lipinski definition) is 0. The minimum Gasteiger partial charge on any atom is -0.373 e. The number of hydrogen-bond acceptors (Lipinski definition) is 4. The van der Waals surface area contributed by atoms with Gasteiger partial charge in [-0.05, 0) is 29.9 Å². The smallest absolute Gasteiger partial charge is 0.225 e. The van der Waals surface area contributed by atoms with Gasteiger partial charge >= 0.3 is 0 Å². The van der Waals surface area contributed by atoms with E-state index in [-0.39, 0.29) is 12.0 Å². The van der Waals surface area contributed by atoms with Gasteiger partial charge in [0.25, 0.3) is 0 Å². The van der Waals surface area contributed by atoms with Crippen molar-refractivity contribution in [1.82, 2.24) is 14.5 Å². The molecule has 4 rings (SSSR count). The fourth-order valence-electron chi connectivity index (χ4n) is 3.59. The first kappa shape index (κ1) is 14.9. The highest BCUT2D eigenvalue weighted by molar-refractivity contribution is 7.10. The number of nitrogens with zero attached hydrogens (tertiary/aromatic N) is 3. The number of carbonyl (C=O) groups excluding carboxylic acids is 1. The van der Waals surface area contributed by atoms with Crippen LogP contribution < -0.4 is 0 Å². The molecule has 0 bridgehead atoms. The zero-order valence-electron chi connectivity index (χ0n) is 13.1. The summed E-state index contributed by atoms with van der Waals surface area (Å²) in [4.78, 5) is 20.2. The Morgan fingerprint density at radius 1 is 1.48 bits per heavy atom. The van der Waals surface area contributed by atoms with Gasteiger partial charge in [0.1, 0.15) is 0 Å². The second-order valence-corrected chi connectivity index (χ2v) is 7.26. The zero-order chi connectivity index (χ0) is 15.6. The van der Waals surface area contributed by atoms with E-state index in [2.05, 4.69) is 21.0 Å². The summed E-state index contributed by atoms with van der Waals surface area (Å²) < 4.78 is 7.99. The van der Waals surface area contributed by atoms with Crippen molar-refractivity contribution in [3.63, 3.8) is 0 Å². The molecule has 0 N–H and O–H groups in total. The van der Waals surface area contributed by atoms with Gasteiger partial charge in [-0.15, -0.1) is 11.3 Å². The number of carbonyl (C=O) groups is 1. The van der Waals surface area contributed by atoms with Crippen molar-refractivity contribution in [2.45, 2.75) is 37.8 Å². The molecule has 2 aromatic rings. The Hall–Kier alpha value is -1.66. The van der Waals surface area contributed by atoms with Crippen LogP contribution in [0, 0.1) is 0 Å². The number of piperidine rings is 1. The molecule has 2 atom stereocenters. The van der Waals surface area contributed by atoms with Gasteiger partial charge < -0.3 is 14.2 Å². The fourth-order valence-corrected chi connectivity index (χ4v) is 4.51. The molecule has 1 amide bonds. The Kier molecular flexibility index (Phi) is 4.18. The fraction of sp³-hybridized carbons (Fsp3) is 0.529. The van der Waals surface area contributed by atoms with E-state index in [4.69, 9.17) is 4.74 Å². The first-order valence-corrected chi connectivity index (χ1v) is 9.12. The van der Waals surface area contributed by atoms with Gasteiger partial charge in [0, 0.05) is 36.8 Å². The van der Waals surface area contributed by atoms with Crippen LogP contribution in [-0.4, -0.2) is 40.1 Å². The van der Waals surface area contributed by atoms with Crippen LogP contribution in [-0.2, 0) is 16.0 Å². The molecule has 2 aliphatic rings. The van der Waals surface area contributed by atoms with Crippen LogP contribution in [0.15, 0.2) is 30.2 Å². The Labute approximate surface area is 139 Å². The number of fused-ring (bicyclic) bond motifs is 1. The standard InChI is InChI=1S/C17H21N3O2S/c21-17(10-15-14-4-9-23-16(14)3-8-22-15)19-6-1-2-13(11-19)20-7-5-18-12-20/h4-5,7,9,12-13,15H,1-3,6,8,10-11H2/t13-,15+/m1/s1. The molecule has 4 heterocycles. The lowest BCUT2D eigenvalue weighted by Crippen LogP contribution is -2.41. The molecule has 0 aromatic carbocycles. The first-order valence-electron chi connectivity index (χ1n) is 8.24. The molecule has 2 aliphatic heterocycles. The SMILES string of the molecule is O=C(C[C@@H]1OCCc2sccc21)N1CCC[C@@H](n2ccnc2)C1. The summed E-state index contributed by atoms with van der Waals surface area (Å²) in [6, 6.07) is 2.46. The van der Waals surface area contributed by atoms with Gasteiger partial charge in [-0.3, -0.25) is 4.79 Å². The molecule has 2 aromatic heterocycles. The van der Waals surface area contributed by atoms with Crippen molar-refractivity contribution in [3.05, 3.63) is 40.6 Å². The number of thiophene rings is 1. The Morgan fingerprint density at radius 2 is 2.43 bits per heavy atom. The van der Waals surface area contributed by atoms with Gasteiger partial charge in [-0.1, -0.05) is 0 Å². The van der Waals surface area contributed by atoms with Crippen LogP contribution in [0.1, 0.15) is 41.8 Å². The quantitative estimate of drug-likeness (QED) is 0.869. The Bertz CT molecular complexity index is 667. The highest BCUT2D eigenvalue weighted by atomic mass is 32.1. The van der Waals surface area contributed by atoms with Crippen LogP contribution in [0.4, 0.5) is 0 Å². The minimum atomic E-state index is -0.0638. The summed E-state index contributed by atoms with van der Waals surface area (Å²) in [6.07, 6.45) is 9.16. The summed E-state index contributed by atoms with van der Waals surface area (Å²) >= 11 is 1.78. The van der Waals surface area contributed by atoms with Gasteiger partial charge in [0.05, 0.1) is 31.5 Å². The minimum absolute atomic E-state index is 0.0638. The molecular formula is C17H21N3O2S. The average Bonchev–Trinajstić information content (AvgIpc) is 3.27. The second-order valence-electron chi connectivity index (χ2n) is 6.26. The maximum Gasteiger partial charge on any atom is 0.225 e. The molecule has 122 valence electrons. The van der Waals surface area contributed by atoms with Gasteiger partial charge in [-0.2, -0.15) is 0 Å². The summed E-state index contributed by atoms with van der Waals surface area (Å²) in [5.41, 5.74) is 1.22. The summed E-state index contributed by atoms with van der Waals surface area (Å²) in [6.45, 7) is 2.36. The van der Waals surface area contributed by atoms with E-state index in [1.54, 1.807) is 17.5 Å². The van der Waals surface area contributed by atoms with Crippen LogP contribution in [0.25, 0.3) is 0 Å². The van der Waals surface area contributed by atoms with E-state index in [0.29, 0.717) is 12.5 Å². The molecule has 1 saturated heterocycles. The molecule has 23 heavy (non-hydrogen) atoms. The van der Waals surface area contributed by atoms with Crippen molar-refractivity contribution in [3.8, 4) is 0 Å². The maximum absolute atomic E-state index is 12.7. The lowest BCUT2D eigenvalue weighted by atomic mass is 10.0. The van der Waals surface area contributed by atoms with Gasteiger partial charge in [0.2, 0.25) is 5.91 Å². The summed E-state index contributed by atoms with van der Waals surface area (Å²) in [5.74, 6) is 0.207. The van der Waals surface area contributed by atoms with Crippen LogP contribution >= 0.6 is 11.3 Å². The van der Waals surface area contributed by atoms with Crippen molar-refractivity contribution in [2.75, 3.05) is 19.7 Å². The average molecular weight is 331 g/mol. The van der Waals surface area contributed by atoms with Gasteiger partial charge in [-0.25, -0.2) is 4.98 Å². The number of amides is 1. The number of rotatable bonds is 3. The Balaban J connectivity index is 1.42. The Morgan fingerprint density at radius 3 is 3.30 bits per heavy atom. The highest BCUT2D eigenvalue weighted by Gasteiger charge is 2.29. The van der Waals surface area contributed by atoms with Gasteiger partial charge in [0.15, 0.2) is 0 Å². The first-order chi connectivity index (χ1) is 11.3. The van der Waals surface area contributed by atoms with Crippen molar-refractivity contribution in [1.29, 1.82) is 0 Å². The molecule has 0 saturated carbocycles. The zero-order valence-corrected chi connectivity index (χ0v) is 13.9. The monoisotopic (exact) mass is 331 g/mol. The number of ether oxygens (including phenoxy) is 1. The number of imidazole rings is 1. The molecule has 0 spiro atoms. The van der Waals surface area contributed by atoms with Crippen LogP contribution in [0.5, 0.6) is 0 Å². The molecule has 0 aliphatic carbocycles. The number of aromatic nitrogens is 2. The summed E-state index contributed by atoms with van der Waals surface area (Å²) in [5, 5.41) is 2.10. The molecule has 0 unspecified atom stereocenters. The third kappa shape index (κ3) is 3.05. The van der Waals surface area contributed by atoms with E-state index < -0.39 is 0 Å². The predicted molar refractivity (Wildman–Crippen MR) is 88.4 cm³/mol. The summed E-state index contributed by atoms with van der Waals surface area (Å²) in [7, 11) is 0. The normalized spacial score (nSPS) is 24.4.